The lowest BCUT2D eigenvalue weighted by Gasteiger charge is -2.28. The summed E-state index contributed by atoms with van der Waals surface area (Å²) in [5.74, 6) is 1.37. The largest absolute Gasteiger partial charge is 0.366 e. The Morgan fingerprint density at radius 3 is 2.12 bits per heavy atom. The van der Waals surface area contributed by atoms with Gasteiger partial charge in [0, 0.05) is 34.3 Å². The van der Waals surface area contributed by atoms with Crippen LogP contribution in [0.3, 0.4) is 0 Å². The molecule has 0 spiro atoms. The van der Waals surface area contributed by atoms with Crippen LogP contribution in [0.2, 0.25) is 0 Å². The quantitative estimate of drug-likeness (QED) is 0.180. The Hall–Kier alpha value is -6.97. The second-order valence-corrected chi connectivity index (χ2v) is 16.2. The maximum absolute atomic E-state index is 5.16. The molecule has 0 radical (unpaired) electrons. The number of rotatable bonds is 6. The topological polar surface area (TPSA) is 29.3 Å². The van der Waals surface area contributed by atoms with Gasteiger partial charge >= 0.3 is 0 Å². The van der Waals surface area contributed by atoms with Gasteiger partial charge in [-0.2, -0.15) is 0 Å². The predicted octanol–water partition coefficient (Wildman–Crippen LogP) is 12.9. The van der Waals surface area contributed by atoms with Gasteiger partial charge in [-0.15, -0.1) is 0 Å². The summed E-state index contributed by atoms with van der Waals surface area (Å²) < 4.78 is 2.45. The van der Waals surface area contributed by atoms with Crippen molar-refractivity contribution in [2.24, 2.45) is 10.9 Å². The molecular weight excluding hydrogens is 703 g/mol. The van der Waals surface area contributed by atoms with E-state index in [0.717, 1.165) is 41.3 Å². The molecule has 0 bridgehead atoms. The van der Waals surface area contributed by atoms with Crippen molar-refractivity contribution in [3.8, 4) is 39.1 Å². The summed E-state index contributed by atoms with van der Waals surface area (Å²) >= 11 is 0. The molecule has 3 heteroatoms. The third kappa shape index (κ3) is 5.53. The van der Waals surface area contributed by atoms with Crippen LogP contribution in [0.1, 0.15) is 52.9 Å². The first kappa shape index (κ1) is 34.3. The Morgan fingerprint density at radius 1 is 0.603 bits per heavy atom. The first-order valence-corrected chi connectivity index (χ1v) is 20.5. The summed E-state index contributed by atoms with van der Waals surface area (Å²) in [6.07, 6.45) is 7.88. The normalized spacial score (nSPS) is 17.9. The van der Waals surface area contributed by atoms with E-state index >= 15 is 0 Å². The zero-order chi connectivity index (χ0) is 38.8. The number of fused-ring (bicyclic) bond motifs is 6. The summed E-state index contributed by atoms with van der Waals surface area (Å²) in [6.45, 7) is 5.43. The Morgan fingerprint density at radius 2 is 1.28 bits per heavy atom. The lowest BCUT2D eigenvalue weighted by atomic mass is 9.74. The second kappa shape index (κ2) is 13.6. The van der Waals surface area contributed by atoms with Gasteiger partial charge in [0.25, 0.3) is 0 Å². The van der Waals surface area contributed by atoms with Crippen molar-refractivity contribution < 1.29 is 0 Å². The fraction of sp³-hybridized carbons (Fsp3) is 0.109. The van der Waals surface area contributed by atoms with Crippen LogP contribution in [-0.4, -0.2) is 16.9 Å². The zero-order valence-electron chi connectivity index (χ0n) is 32.8. The first-order chi connectivity index (χ1) is 28.5. The van der Waals surface area contributed by atoms with Gasteiger partial charge in [0.15, 0.2) is 0 Å². The van der Waals surface area contributed by atoms with Crippen molar-refractivity contribution in [1.29, 1.82) is 0 Å². The van der Waals surface area contributed by atoms with E-state index in [0.29, 0.717) is 5.92 Å². The van der Waals surface area contributed by atoms with E-state index in [4.69, 9.17) is 4.99 Å². The highest BCUT2D eigenvalue weighted by Gasteiger charge is 2.40. The van der Waals surface area contributed by atoms with Gasteiger partial charge in [0.05, 0.1) is 11.2 Å². The minimum atomic E-state index is -0.201. The Labute approximate surface area is 340 Å². The van der Waals surface area contributed by atoms with Crippen molar-refractivity contribution in [2.45, 2.75) is 25.7 Å². The summed E-state index contributed by atoms with van der Waals surface area (Å²) in [6, 6.07) is 62.2. The van der Waals surface area contributed by atoms with Gasteiger partial charge in [0.2, 0.25) is 0 Å². The van der Waals surface area contributed by atoms with Gasteiger partial charge in [-0.25, -0.2) is 4.99 Å². The summed E-state index contributed by atoms with van der Waals surface area (Å²) in [4.78, 5) is 5.16. The molecule has 0 saturated carbocycles. The van der Waals surface area contributed by atoms with Crippen LogP contribution < -0.4 is 5.32 Å². The number of benzene rings is 7. The van der Waals surface area contributed by atoms with Gasteiger partial charge < -0.3 is 9.88 Å². The number of nitrogens with one attached hydrogen (secondary N) is 1. The molecular formula is C55H43N3. The van der Waals surface area contributed by atoms with Crippen LogP contribution in [-0.2, 0) is 11.8 Å². The van der Waals surface area contributed by atoms with Crippen molar-refractivity contribution in [3.05, 3.63) is 221 Å². The predicted molar refractivity (Wildman–Crippen MR) is 242 cm³/mol. The Bertz CT molecular complexity index is 2980. The molecule has 2 aliphatic carbocycles. The van der Waals surface area contributed by atoms with E-state index in [-0.39, 0.29) is 5.41 Å². The molecule has 2 heterocycles. The van der Waals surface area contributed by atoms with E-state index in [1.807, 2.05) is 0 Å². The van der Waals surface area contributed by atoms with Gasteiger partial charge in [-0.05, 0) is 123 Å². The molecule has 1 aromatic heterocycles. The smallest absolute Gasteiger partial charge is 0.134 e. The first-order valence-electron chi connectivity index (χ1n) is 20.5. The van der Waals surface area contributed by atoms with Gasteiger partial charge in [-0.3, -0.25) is 0 Å². The van der Waals surface area contributed by atoms with Crippen molar-refractivity contribution in [3.63, 3.8) is 0 Å². The van der Waals surface area contributed by atoms with Crippen LogP contribution in [0, 0.1) is 5.92 Å². The Balaban J connectivity index is 0.966. The summed E-state index contributed by atoms with van der Waals surface area (Å²) in [5.41, 5.74) is 19.7. The summed E-state index contributed by atoms with van der Waals surface area (Å²) in [5, 5.41) is 4.89. The highest BCUT2D eigenvalue weighted by Crippen LogP contribution is 2.53. The number of allylic oxidation sites excluding steroid dienone is 1. The number of aromatic nitrogens is 1. The third-order valence-corrected chi connectivity index (χ3v) is 12.7. The van der Waals surface area contributed by atoms with E-state index in [1.54, 1.807) is 0 Å². The molecule has 278 valence electrons. The molecule has 1 N–H and O–H groups in total. The highest BCUT2D eigenvalue weighted by molar-refractivity contribution is 6.04. The molecule has 0 saturated heterocycles. The summed E-state index contributed by atoms with van der Waals surface area (Å²) in [7, 11) is 0. The van der Waals surface area contributed by atoms with E-state index in [2.05, 4.69) is 212 Å². The molecule has 8 aromatic rings. The second-order valence-electron chi connectivity index (χ2n) is 16.2. The van der Waals surface area contributed by atoms with Crippen LogP contribution in [0.4, 0.5) is 0 Å². The SMILES string of the molecule is CC1C=Cc2c(c3cc(-c4ccc5c(c4)-c4ccccc4[C@]5(C)c4ccccc4)ccc3n2-c2cccc(C3=NC(c4ccc(-c5ccccc5)cc4)=CCN3)c2)C1. The molecule has 11 rings (SSSR count). The number of amidine groups is 1. The van der Waals surface area contributed by atoms with Crippen molar-refractivity contribution >= 4 is 28.5 Å². The van der Waals surface area contributed by atoms with E-state index in [9.17, 15) is 0 Å². The average molecular weight is 746 g/mol. The minimum absolute atomic E-state index is 0.201. The fourth-order valence-corrected chi connectivity index (χ4v) is 9.69. The molecule has 1 unspecified atom stereocenters. The standard InChI is InChI=1S/C55H43N3/c1-36-20-28-52-47(32-36)48-35-41(40-25-27-50-46(34-40)45-18-9-10-19-49(45)55(50,2)43-15-7-4-8-16-43)26-29-53(48)58(52)44-17-11-14-42(33-44)54-56-31-30-51(57-54)39-23-21-38(22-24-39)37-12-5-3-6-13-37/h3-30,33-36H,31-32H2,1-2H3,(H,56,57)/t36?,55-/m0/s1. The van der Waals surface area contributed by atoms with E-state index in [1.165, 1.54) is 72.2 Å². The monoisotopic (exact) mass is 745 g/mol. The fourth-order valence-electron chi connectivity index (χ4n) is 9.69. The minimum Gasteiger partial charge on any atom is -0.366 e. The van der Waals surface area contributed by atoms with Gasteiger partial charge in [-0.1, -0.05) is 153 Å². The molecule has 7 aromatic carbocycles. The molecule has 2 atom stereocenters. The Kier molecular flexibility index (Phi) is 8.04. The average Bonchev–Trinajstić information content (AvgIpc) is 3.75. The van der Waals surface area contributed by atoms with Crippen LogP contribution >= 0.6 is 0 Å². The molecule has 58 heavy (non-hydrogen) atoms. The third-order valence-electron chi connectivity index (χ3n) is 12.7. The molecule has 3 nitrogen and oxygen atoms in total. The van der Waals surface area contributed by atoms with E-state index < -0.39 is 0 Å². The lowest BCUT2D eigenvalue weighted by molar-refractivity contribution is 0.714. The van der Waals surface area contributed by atoms with Crippen molar-refractivity contribution in [2.75, 3.05) is 6.54 Å². The lowest BCUT2D eigenvalue weighted by Crippen LogP contribution is -2.27. The maximum Gasteiger partial charge on any atom is 0.134 e. The highest BCUT2D eigenvalue weighted by atomic mass is 15.0. The van der Waals surface area contributed by atoms with Crippen LogP contribution in [0.5, 0.6) is 0 Å². The number of aliphatic imine (C=N–C) groups is 1. The van der Waals surface area contributed by atoms with Gasteiger partial charge in [0.1, 0.15) is 5.84 Å². The molecule has 0 amide bonds. The molecule has 0 fully saturated rings. The number of nitrogens with zero attached hydrogens (tertiary/aromatic N) is 2. The number of hydrogen-bond donors (Lipinski definition) is 1. The number of hydrogen-bond acceptors (Lipinski definition) is 2. The zero-order valence-corrected chi connectivity index (χ0v) is 32.8. The van der Waals surface area contributed by atoms with Crippen LogP contribution in [0.25, 0.3) is 61.7 Å². The van der Waals surface area contributed by atoms with Crippen LogP contribution in [0.15, 0.2) is 187 Å². The molecule has 1 aliphatic heterocycles. The van der Waals surface area contributed by atoms with Crippen molar-refractivity contribution in [1.82, 2.24) is 9.88 Å². The molecule has 3 aliphatic rings. The maximum atomic E-state index is 5.16.